The molecule has 30 heavy (non-hydrogen) atoms. The Hall–Kier alpha value is -3.93. The van der Waals surface area contributed by atoms with Gasteiger partial charge in [-0.15, -0.1) is 0 Å². The van der Waals surface area contributed by atoms with Gasteiger partial charge in [0, 0.05) is 17.3 Å². The predicted molar refractivity (Wildman–Crippen MR) is 113 cm³/mol. The Kier molecular flexibility index (Phi) is 5.30. The van der Waals surface area contributed by atoms with Crippen molar-refractivity contribution in [2.75, 3.05) is 11.9 Å². The zero-order chi connectivity index (χ0) is 21.1. The summed E-state index contributed by atoms with van der Waals surface area (Å²) in [6, 6.07) is 19.8. The molecule has 4 rings (SSSR count). The van der Waals surface area contributed by atoms with E-state index in [1.165, 1.54) is 30.3 Å². The van der Waals surface area contributed by atoms with Crippen LogP contribution in [0.4, 0.5) is 10.1 Å². The van der Waals surface area contributed by atoms with Gasteiger partial charge in [0.2, 0.25) is 0 Å². The summed E-state index contributed by atoms with van der Waals surface area (Å²) in [6.07, 6.45) is 0. The lowest BCUT2D eigenvalue weighted by Crippen LogP contribution is -2.20. The van der Waals surface area contributed by atoms with Gasteiger partial charge in [-0.05, 0) is 54.4 Å². The number of anilines is 1. The van der Waals surface area contributed by atoms with Gasteiger partial charge in [0.05, 0.1) is 5.39 Å². The smallest absolute Gasteiger partial charge is 0.336 e. The molecule has 0 aliphatic carbocycles. The maximum Gasteiger partial charge on any atom is 0.336 e. The summed E-state index contributed by atoms with van der Waals surface area (Å²) < 4.78 is 24.2. The molecule has 0 spiro atoms. The second kappa shape index (κ2) is 8.21. The summed E-state index contributed by atoms with van der Waals surface area (Å²) in [5.74, 6) is -0.345. The van der Waals surface area contributed by atoms with Gasteiger partial charge in [-0.2, -0.15) is 0 Å². The van der Waals surface area contributed by atoms with Crippen molar-refractivity contribution in [2.45, 2.75) is 6.92 Å². The van der Waals surface area contributed by atoms with E-state index in [2.05, 4.69) is 5.32 Å². The lowest BCUT2D eigenvalue weighted by atomic mass is 10.0. The summed E-state index contributed by atoms with van der Waals surface area (Å²) in [6.45, 7) is 1.59. The zero-order valence-corrected chi connectivity index (χ0v) is 16.1. The zero-order valence-electron chi connectivity index (χ0n) is 16.1. The minimum absolute atomic E-state index is 0.261. The number of hydrogen-bond donors (Lipinski definition) is 1. The first-order chi connectivity index (χ1) is 14.5. The molecule has 0 fully saturated rings. The van der Waals surface area contributed by atoms with Crippen LogP contribution in [0.5, 0.6) is 5.75 Å². The van der Waals surface area contributed by atoms with Gasteiger partial charge >= 0.3 is 5.63 Å². The summed E-state index contributed by atoms with van der Waals surface area (Å²) in [5.41, 5.74) is 2.71. The van der Waals surface area contributed by atoms with Crippen LogP contribution >= 0.6 is 0 Å². The molecule has 1 N–H and O–H groups in total. The number of aryl methyl sites for hydroxylation is 1. The first kappa shape index (κ1) is 19.4. The minimum atomic E-state index is -0.466. The average molecular weight is 403 g/mol. The number of ether oxygens (including phenoxy) is 1. The highest BCUT2D eigenvalue weighted by atomic mass is 19.1. The van der Waals surface area contributed by atoms with Crippen molar-refractivity contribution in [3.05, 3.63) is 94.6 Å². The Morgan fingerprint density at radius 3 is 2.50 bits per heavy atom. The normalized spacial score (nSPS) is 10.7. The SMILES string of the molecule is Cc1cc(OCC(=O)Nc2ccc(F)cc2)c2c(-c3ccccc3)cc(=O)oc2c1. The van der Waals surface area contributed by atoms with Crippen LogP contribution in [0.3, 0.4) is 0 Å². The summed E-state index contributed by atoms with van der Waals surface area (Å²) in [4.78, 5) is 24.4. The van der Waals surface area contributed by atoms with Crippen molar-refractivity contribution in [1.29, 1.82) is 0 Å². The third-order valence-corrected chi connectivity index (χ3v) is 4.52. The molecule has 0 aliphatic rings. The fourth-order valence-corrected chi connectivity index (χ4v) is 3.23. The van der Waals surface area contributed by atoms with Crippen LogP contribution in [-0.2, 0) is 4.79 Å². The van der Waals surface area contributed by atoms with E-state index in [4.69, 9.17) is 9.15 Å². The third kappa shape index (κ3) is 4.22. The lowest BCUT2D eigenvalue weighted by molar-refractivity contribution is -0.118. The maximum atomic E-state index is 13.0. The van der Waals surface area contributed by atoms with Crippen molar-refractivity contribution in [2.24, 2.45) is 0 Å². The molecule has 0 bridgehead atoms. The second-order valence-corrected chi connectivity index (χ2v) is 6.83. The fraction of sp³-hybridized carbons (Fsp3) is 0.0833. The molecule has 0 atom stereocenters. The average Bonchev–Trinajstić information content (AvgIpc) is 2.73. The number of hydrogen-bond acceptors (Lipinski definition) is 4. The number of fused-ring (bicyclic) bond motifs is 1. The third-order valence-electron chi connectivity index (χ3n) is 4.52. The van der Waals surface area contributed by atoms with Crippen LogP contribution in [0, 0.1) is 12.7 Å². The molecule has 3 aromatic carbocycles. The Balaban J connectivity index is 1.67. The highest BCUT2D eigenvalue weighted by Crippen LogP contribution is 2.35. The molecular formula is C24H18FNO4. The van der Waals surface area contributed by atoms with Gasteiger partial charge in [-0.1, -0.05) is 30.3 Å². The van der Waals surface area contributed by atoms with Gasteiger partial charge in [-0.3, -0.25) is 4.79 Å². The first-order valence-corrected chi connectivity index (χ1v) is 9.32. The van der Waals surface area contributed by atoms with E-state index in [1.807, 2.05) is 37.3 Å². The van der Waals surface area contributed by atoms with E-state index >= 15 is 0 Å². The highest BCUT2D eigenvalue weighted by Gasteiger charge is 2.15. The number of amides is 1. The quantitative estimate of drug-likeness (QED) is 0.480. The molecule has 1 amide bonds. The molecule has 4 aromatic rings. The second-order valence-electron chi connectivity index (χ2n) is 6.83. The molecule has 0 unspecified atom stereocenters. The van der Waals surface area contributed by atoms with E-state index < -0.39 is 11.5 Å². The van der Waals surface area contributed by atoms with E-state index in [0.29, 0.717) is 28.0 Å². The van der Waals surface area contributed by atoms with Crippen LogP contribution < -0.4 is 15.7 Å². The van der Waals surface area contributed by atoms with Crippen molar-refractivity contribution in [3.63, 3.8) is 0 Å². The Morgan fingerprint density at radius 1 is 1.03 bits per heavy atom. The lowest BCUT2D eigenvalue weighted by Gasteiger charge is -2.13. The summed E-state index contributed by atoms with van der Waals surface area (Å²) in [5, 5.41) is 3.27. The molecule has 0 saturated heterocycles. The molecule has 6 heteroatoms. The molecular weight excluding hydrogens is 385 g/mol. The molecule has 5 nitrogen and oxygen atoms in total. The minimum Gasteiger partial charge on any atom is -0.483 e. The van der Waals surface area contributed by atoms with Gasteiger partial charge in [0.25, 0.3) is 5.91 Å². The van der Waals surface area contributed by atoms with Crippen LogP contribution in [0.2, 0.25) is 0 Å². The number of nitrogens with one attached hydrogen (secondary N) is 1. The number of carbonyl (C=O) groups is 1. The molecule has 0 saturated carbocycles. The standard InChI is InChI=1S/C24H18FNO4/c1-15-11-20(29-14-22(27)26-18-9-7-17(25)8-10-18)24-19(16-5-3-2-4-6-16)13-23(28)30-21(24)12-15/h2-13H,14H2,1H3,(H,26,27). The first-order valence-electron chi connectivity index (χ1n) is 9.32. The van der Waals surface area contributed by atoms with Crippen LogP contribution in [0.25, 0.3) is 22.1 Å². The monoisotopic (exact) mass is 403 g/mol. The molecule has 150 valence electrons. The van der Waals surface area contributed by atoms with E-state index in [9.17, 15) is 14.0 Å². The topological polar surface area (TPSA) is 68.5 Å². The predicted octanol–water partition coefficient (Wildman–Crippen LogP) is 4.93. The van der Waals surface area contributed by atoms with Gasteiger partial charge in [-0.25, -0.2) is 9.18 Å². The van der Waals surface area contributed by atoms with Crippen LogP contribution in [0.15, 0.2) is 82.0 Å². The number of halogens is 1. The number of carbonyl (C=O) groups excluding carboxylic acids is 1. The Bertz CT molecular complexity index is 1260. The van der Waals surface area contributed by atoms with Crippen molar-refractivity contribution >= 4 is 22.6 Å². The van der Waals surface area contributed by atoms with Crippen molar-refractivity contribution < 1.29 is 18.3 Å². The molecule has 0 aliphatic heterocycles. The Morgan fingerprint density at radius 2 is 1.77 bits per heavy atom. The van der Waals surface area contributed by atoms with Crippen LogP contribution in [-0.4, -0.2) is 12.5 Å². The van der Waals surface area contributed by atoms with Gasteiger partial charge in [0.1, 0.15) is 17.1 Å². The number of rotatable bonds is 5. The highest BCUT2D eigenvalue weighted by molar-refractivity contribution is 5.98. The largest absolute Gasteiger partial charge is 0.483 e. The Labute approximate surface area is 171 Å². The van der Waals surface area contributed by atoms with E-state index in [1.54, 1.807) is 12.1 Å². The van der Waals surface area contributed by atoms with E-state index in [-0.39, 0.29) is 12.4 Å². The van der Waals surface area contributed by atoms with Crippen molar-refractivity contribution in [3.8, 4) is 16.9 Å². The van der Waals surface area contributed by atoms with Crippen molar-refractivity contribution in [1.82, 2.24) is 0 Å². The molecule has 0 radical (unpaired) electrons. The number of benzene rings is 3. The maximum absolute atomic E-state index is 13.0. The molecule has 1 aromatic heterocycles. The summed E-state index contributed by atoms with van der Waals surface area (Å²) in [7, 11) is 0. The summed E-state index contributed by atoms with van der Waals surface area (Å²) >= 11 is 0. The molecule has 1 heterocycles. The van der Waals surface area contributed by atoms with E-state index in [0.717, 1.165) is 11.1 Å². The van der Waals surface area contributed by atoms with Gasteiger partial charge in [0.15, 0.2) is 6.61 Å². The van der Waals surface area contributed by atoms with Gasteiger partial charge < -0.3 is 14.5 Å². The van der Waals surface area contributed by atoms with Crippen LogP contribution in [0.1, 0.15) is 5.56 Å². The fourth-order valence-electron chi connectivity index (χ4n) is 3.23.